The van der Waals surface area contributed by atoms with E-state index in [-0.39, 0.29) is 22.4 Å². The fourth-order valence-electron chi connectivity index (χ4n) is 5.60. The molecule has 0 amide bonds. The maximum atomic E-state index is 12.8. The molecule has 0 aromatic rings. The summed E-state index contributed by atoms with van der Waals surface area (Å²) in [5, 5.41) is -0.596. The topological polar surface area (TPSA) is 52.6 Å². The van der Waals surface area contributed by atoms with Gasteiger partial charge >= 0.3 is 11.9 Å². The number of allylic oxidation sites excluding steroid dienone is 4. The van der Waals surface area contributed by atoms with Crippen molar-refractivity contribution in [3.8, 4) is 0 Å². The lowest BCUT2D eigenvalue weighted by Crippen LogP contribution is -2.28. The number of ether oxygens (including phenoxy) is 2. The van der Waals surface area contributed by atoms with Crippen molar-refractivity contribution in [1.29, 1.82) is 0 Å². The average Bonchev–Trinajstić information content (AvgIpc) is 3.03. The van der Waals surface area contributed by atoms with Crippen LogP contribution in [0.5, 0.6) is 0 Å². The molecule has 45 heavy (non-hydrogen) atoms. The van der Waals surface area contributed by atoms with Crippen molar-refractivity contribution in [3.05, 3.63) is 24.3 Å². The number of carbonyl (C=O) groups excluding carboxylic acids is 2. The van der Waals surface area contributed by atoms with Gasteiger partial charge in [0.15, 0.2) is 0 Å². The molecule has 0 N–H and O–H groups in total. The zero-order chi connectivity index (χ0) is 33.1. The van der Waals surface area contributed by atoms with Gasteiger partial charge in [-0.05, 0) is 78.1 Å². The van der Waals surface area contributed by atoms with E-state index in [2.05, 4.69) is 38.2 Å². The van der Waals surface area contributed by atoms with Gasteiger partial charge in [-0.15, -0.1) is 11.8 Å². The lowest BCUT2D eigenvalue weighted by molar-refractivity contribution is -0.142. The number of hydrogen-bond donors (Lipinski definition) is 0. The predicted octanol–water partition coefficient (Wildman–Crippen LogP) is 12.9. The van der Waals surface area contributed by atoms with Crippen molar-refractivity contribution < 1.29 is 19.1 Å². The van der Waals surface area contributed by atoms with Crippen LogP contribution in [0.2, 0.25) is 0 Å². The molecule has 0 aliphatic rings. The van der Waals surface area contributed by atoms with Crippen molar-refractivity contribution in [2.45, 2.75) is 205 Å². The predicted molar refractivity (Wildman–Crippen MR) is 198 cm³/mol. The van der Waals surface area contributed by atoms with Crippen molar-refractivity contribution in [3.63, 3.8) is 0 Å². The van der Waals surface area contributed by atoms with Crippen LogP contribution in [-0.2, 0) is 19.1 Å². The fraction of sp³-hybridized carbons (Fsp3) is 0.850. The maximum absolute atomic E-state index is 12.8. The summed E-state index contributed by atoms with van der Waals surface area (Å²) >= 11 is 1.49. The third-order valence-electron chi connectivity index (χ3n) is 8.38. The molecule has 0 spiro atoms. The number of rotatable bonds is 34. The molecule has 0 aromatic carbocycles. The first-order valence-corrected chi connectivity index (χ1v) is 20.3. The minimum Gasteiger partial charge on any atom is -0.465 e. The Morgan fingerprint density at radius 3 is 1.04 bits per heavy atom. The number of unbranched alkanes of at least 4 members (excludes halogenated alkanes) is 20. The third kappa shape index (κ3) is 29.9. The summed E-state index contributed by atoms with van der Waals surface area (Å²) in [7, 11) is 0. The smallest absolute Gasteiger partial charge is 0.319 e. The van der Waals surface area contributed by atoms with Gasteiger partial charge in [-0.1, -0.05) is 141 Å². The number of esters is 2. The molecule has 264 valence electrons. The SMILES string of the molecule is CCCCCCCCC=CCCCCCCC(SC(CCCCCCC=CCCCCCCCC)C(=O)OCC)C(=O)OCC. The maximum Gasteiger partial charge on any atom is 0.319 e. The first kappa shape index (κ1) is 43.8. The monoisotopic (exact) mass is 651 g/mol. The molecule has 0 aromatic heterocycles. The van der Waals surface area contributed by atoms with Crippen molar-refractivity contribution in [2.75, 3.05) is 13.2 Å². The van der Waals surface area contributed by atoms with Crippen LogP contribution in [0.15, 0.2) is 24.3 Å². The summed E-state index contributed by atoms with van der Waals surface area (Å²) in [4.78, 5) is 25.6. The molecule has 2 atom stereocenters. The van der Waals surface area contributed by atoms with Crippen LogP contribution in [0.3, 0.4) is 0 Å². The van der Waals surface area contributed by atoms with E-state index < -0.39 is 0 Å². The van der Waals surface area contributed by atoms with E-state index in [0.717, 1.165) is 51.4 Å². The molecule has 0 aliphatic heterocycles. The zero-order valence-electron chi connectivity index (χ0n) is 30.3. The van der Waals surface area contributed by atoms with Gasteiger partial charge in [0.05, 0.1) is 13.2 Å². The van der Waals surface area contributed by atoms with Gasteiger partial charge in [-0.25, -0.2) is 0 Å². The molecule has 0 rings (SSSR count). The highest BCUT2D eigenvalue weighted by Crippen LogP contribution is 2.29. The molecule has 0 fully saturated rings. The molecule has 0 aliphatic carbocycles. The van der Waals surface area contributed by atoms with Crippen LogP contribution in [-0.4, -0.2) is 35.7 Å². The van der Waals surface area contributed by atoms with Gasteiger partial charge in [0.1, 0.15) is 10.5 Å². The van der Waals surface area contributed by atoms with Crippen molar-refractivity contribution >= 4 is 23.7 Å². The molecule has 0 bridgehead atoms. The molecule has 4 nitrogen and oxygen atoms in total. The minimum absolute atomic E-state index is 0.179. The largest absolute Gasteiger partial charge is 0.465 e. The molecule has 0 saturated carbocycles. The molecule has 2 unspecified atom stereocenters. The second-order valence-corrected chi connectivity index (χ2v) is 14.1. The Kier molecular flexibility index (Phi) is 34.6. The summed E-state index contributed by atoms with van der Waals surface area (Å²) in [5.74, 6) is -0.357. The van der Waals surface area contributed by atoms with Crippen LogP contribution in [0.25, 0.3) is 0 Å². The first-order chi connectivity index (χ1) is 22.1. The van der Waals surface area contributed by atoms with E-state index in [9.17, 15) is 9.59 Å². The second kappa shape index (κ2) is 35.6. The number of thioether (sulfide) groups is 1. The van der Waals surface area contributed by atoms with Gasteiger partial charge in [-0.2, -0.15) is 0 Å². The fourth-order valence-corrected chi connectivity index (χ4v) is 6.96. The third-order valence-corrected chi connectivity index (χ3v) is 9.90. The standard InChI is InChI=1S/C40H74O4S/c1-5-9-11-13-15-17-19-21-23-25-27-29-31-33-35-37(39(41)43-7-3)45-38(40(42)44-8-4)36-34-32-30-28-26-24-22-20-18-16-14-12-10-6-2/h21-24,37-38H,5-20,25-36H2,1-4H3. The second-order valence-electron chi connectivity index (χ2n) is 12.7. The van der Waals surface area contributed by atoms with Crippen LogP contribution < -0.4 is 0 Å². The highest BCUT2D eigenvalue weighted by molar-refractivity contribution is 8.01. The summed E-state index contributed by atoms with van der Waals surface area (Å²) in [6, 6.07) is 0. The number of carbonyl (C=O) groups is 2. The zero-order valence-corrected chi connectivity index (χ0v) is 31.1. The minimum atomic E-state index is -0.298. The van der Waals surface area contributed by atoms with Crippen LogP contribution in [0.1, 0.15) is 195 Å². The van der Waals surface area contributed by atoms with Crippen LogP contribution in [0, 0.1) is 0 Å². The van der Waals surface area contributed by atoms with Gasteiger partial charge in [0.2, 0.25) is 0 Å². The lowest BCUT2D eigenvalue weighted by Gasteiger charge is -2.21. The Labute approximate surface area is 284 Å². The van der Waals surface area contributed by atoms with Gasteiger partial charge < -0.3 is 9.47 Å². The van der Waals surface area contributed by atoms with E-state index in [1.807, 2.05) is 13.8 Å². The molecular weight excluding hydrogens is 577 g/mol. The first-order valence-electron chi connectivity index (χ1n) is 19.4. The highest BCUT2D eigenvalue weighted by Gasteiger charge is 2.29. The normalized spacial score (nSPS) is 13.1. The van der Waals surface area contributed by atoms with E-state index >= 15 is 0 Å². The Hall–Kier alpha value is -1.23. The van der Waals surface area contributed by atoms with E-state index in [4.69, 9.17) is 9.47 Å². The van der Waals surface area contributed by atoms with Crippen molar-refractivity contribution in [2.24, 2.45) is 0 Å². The molecule has 0 radical (unpaired) electrons. The lowest BCUT2D eigenvalue weighted by atomic mass is 10.1. The number of hydrogen-bond acceptors (Lipinski definition) is 5. The highest BCUT2D eigenvalue weighted by atomic mass is 32.2. The Balaban J connectivity index is 4.33. The van der Waals surface area contributed by atoms with Gasteiger partial charge in [0, 0.05) is 0 Å². The summed E-state index contributed by atoms with van der Waals surface area (Å²) < 4.78 is 10.8. The Bertz CT molecular complexity index is 646. The summed E-state index contributed by atoms with van der Waals surface area (Å²) in [6.07, 6.45) is 40.9. The Morgan fingerprint density at radius 1 is 0.444 bits per heavy atom. The van der Waals surface area contributed by atoms with Crippen molar-refractivity contribution in [1.82, 2.24) is 0 Å². The average molecular weight is 651 g/mol. The molecule has 0 saturated heterocycles. The molecule has 5 heteroatoms. The van der Waals surface area contributed by atoms with Gasteiger partial charge in [0.25, 0.3) is 0 Å². The quantitative estimate of drug-likeness (QED) is 0.0394. The van der Waals surface area contributed by atoms with E-state index in [1.165, 1.54) is 127 Å². The molecular formula is C40H74O4S. The summed E-state index contributed by atoms with van der Waals surface area (Å²) in [6.45, 7) is 8.99. The van der Waals surface area contributed by atoms with E-state index in [0.29, 0.717) is 13.2 Å². The molecule has 0 heterocycles. The van der Waals surface area contributed by atoms with Gasteiger partial charge in [-0.3, -0.25) is 9.59 Å². The summed E-state index contributed by atoms with van der Waals surface area (Å²) in [5.41, 5.74) is 0. The Morgan fingerprint density at radius 2 is 0.733 bits per heavy atom. The van der Waals surface area contributed by atoms with Crippen LogP contribution in [0.4, 0.5) is 0 Å². The van der Waals surface area contributed by atoms with Crippen LogP contribution >= 0.6 is 11.8 Å². The van der Waals surface area contributed by atoms with E-state index in [1.54, 1.807) is 0 Å².